The highest BCUT2D eigenvalue weighted by molar-refractivity contribution is 5.87. The third-order valence-corrected chi connectivity index (χ3v) is 3.71. The molecule has 1 unspecified atom stereocenters. The van der Waals surface area contributed by atoms with Gasteiger partial charge in [-0.1, -0.05) is 30.3 Å². The summed E-state index contributed by atoms with van der Waals surface area (Å²) in [6.45, 7) is 1.41. The van der Waals surface area contributed by atoms with Crippen LogP contribution in [0.3, 0.4) is 0 Å². The van der Waals surface area contributed by atoms with Gasteiger partial charge in [0.05, 0.1) is 6.54 Å². The molecule has 4 N–H and O–H groups in total. The molecule has 0 aliphatic carbocycles. The third kappa shape index (κ3) is 4.03. The highest BCUT2D eigenvalue weighted by atomic mass is 16.3. The van der Waals surface area contributed by atoms with Gasteiger partial charge in [0.15, 0.2) is 6.10 Å². The molecular weight excluding hydrogens is 270 g/mol. The Morgan fingerprint density at radius 3 is 2.48 bits per heavy atom. The second-order valence-corrected chi connectivity index (χ2v) is 5.23. The van der Waals surface area contributed by atoms with Gasteiger partial charge in [0.1, 0.15) is 0 Å². The summed E-state index contributed by atoms with van der Waals surface area (Å²) in [5.74, 6) is -1.03. The molecule has 1 aromatic carbocycles. The monoisotopic (exact) mass is 291 g/mol. The fraction of sp³-hybridized carbons (Fsp3) is 0.467. The molecule has 6 heteroatoms. The molecule has 1 heterocycles. The molecule has 1 atom stereocenters. The molecule has 1 aromatic rings. The summed E-state index contributed by atoms with van der Waals surface area (Å²) >= 11 is 0. The molecule has 0 aromatic heterocycles. The maximum Gasteiger partial charge on any atom is 0.256 e. The number of amides is 2. The van der Waals surface area contributed by atoms with Gasteiger partial charge in [-0.25, -0.2) is 0 Å². The lowest BCUT2D eigenvalue weighted by Crippen LogP contribution is -2.50. The zero-order chi connectivity index (χ0) is 15.2. The predicted octanol–water partition coefficient (Wildman–Crippen LogP) is -0.214. The summed E-state index contributed by atoms with van der Waals surface area (Å²) in [7, 11) is 0. The average molecular weight is 291 g/mol. The van der Waals surface area contributed by atoms with E-state index in [9.17, 15) is 14.7 Å². The van der Waals surface area contributed by atoms with Crippen LogP contribution in [0.25, 0.3) is 0 Å². The molecule has 2 rings (SSSR count). The Balaban J connectivity index is 2.15. The average Bonchev–Trinajstić information content (AvgIpc) is 2.53. The van der Waals surface area contributed by atoms with Crippen molar-refractivity contribution in [1.82, 2.24) is 10.2 Å². The number of piperidine rings is 1. The number of carbonyl (C=O) groups is 2. The summed E-state index contributed by atoms with van der Waals surface area (Å²) in [6, 6.07) is 8.64. The van der Waals surface area contributed by atoms with E-state index in [1.165, 1.54) is 4.90 Å². The van der Waals surface area contributed by atoms with Crippen LogP contribution in [-0.4, -0.2) is 47.5 Å². The molecule has 2 amide bonds. The third-order valence-electron chi connectivity index (χ3n) is 3.71. The van der Waals surface area contributed by atoms with Crippen LogP contribution >= 0.6 is 0 Å². The van der Waals surface area contributed by atoms with Gasteiger partial charge in [-0.15, -0.1) is 0 Å². The van der Waals surface area contributed by atoms with Gasteiger partial charge >= 0.3 is 0 Å². The van der Waals surface area contributed by atoms with E-state index < -0.39 is 17.9 Å². The van der Waals surface area contributed by atoms with E-state index in [2.05, 4.69) is 5.32 Å². The van der Waals surface area contributed by atoms with Crippen molar-refractivity contribution >= 4 is 11.8 Å². The van der Waals surface area contributed by atoms with Gasteiger partial charge in [0.2, 0.25) is 5.91 Å². The molecule has 6 nitrogen and oxygen atoms in total. The zero-order valence-electron chi connectivity index (χ0n) is 11.9. The van der Waals surface area contributed by atoms with Gasteiger partial charge in [-0.3, -0.25) is 9.59 Å². The lowest BCUT2D eigenvalue weighted by atomic mass is 10.0. The van der Waals surface area contributed by atoms with Crippen LogP contribution in [0, 0.1) is 0 Å². The fourth-order valence-corrected chi connectivity index (χ4v) is 2.61. The summed E-state index contributed by atoms with van der Waals surface area (Å²) in [5.41, 5.74) is 5.77. The standard InChI is InChI=1S/C15H21N3O3/c16-13(19)10-18(12-6-8-17-9-7-12)15(21)14(20)11-4-2-1-3-5-11/h1-5,12,14,17,20H,6-10H2,(H2,16,19). The first-order chi connectivity index (χ1) is 10.1. The Kier molecular flexibility index (Phi) is 5.30. The minimum Gasteiger partial charge on any atom is -0.378 e. The second-order valence-electron chi connectivity index (χ2n) is 5.23. The molecule has 1 saturated heterocycles. The first-order valence-corrected chi connectivity index (χ1v) is 7.12. The van der Waals surface area contributed by atoms with Crippen molar-refractivity contribution in [3.8, 4) is 0 Å². The first-order valence-electron chi connectivity index (χ1n) is 7.12. The van der Waals surface area contributed by atoms with E-state index in [0.29, 0.717) is 5.56 Å². The van der Waals surface area contributed by atoms with E-state index in [4.69, 9.17) is 5.73 Å². The fourth-order valence-electron chi connectivity index (χ4n) is 2.61. The number of benzene rings is 1. The Bertz CT molecular complexity index is 486. The molecular formula is C15H21N3O3. The van der Waals surface area contributed by atoms with Crippen molar-refractivity contribution in [2.75, 3.05) is 19.6 Å². The number of nitrogens with zero attached hydrogens (tertiary/aromatic N) is 1. The largest absolute Gasteiger partial charge is 0.378 e. The van der Waals surface area contributed by atoms with E-state index in [-0.39, 0.29) is 12.6 Å². The van der Waals surface area contributed by atoms with Gasteiger partial charge in [0.25, 0.3) is 5.91 Å². The molecule has 1 fully saturated rings. The van der Waals surface area contributed by atoms with Crippen LogP contribution in [0.5, 0.6) is 0 Å². The number of carbonyl (C=O) groups excluding carboxylic acids is 2. The number of hydrogen-bond donors (Lipinski definition) is 3. The predicted molar refractivity (Wildman–Crippen MR) is 78.2 cm³/mol. The molecule has 1 aliphatic rings. The number of nitrogens with two attached hydrogens (primary N) is 1. The van der Waals surface area contributed by atoms with Gasteiger partial charge < -0.3 is 21.1 Å². The van der Waals surface area contributed by atoms with Crippen LogP contribution in [-0.2, 0) is 9.59 Å². The molecule has 0 radical (unpaired) electrons. The molecule has 0 bridgehead atoms. The molecule has 1 aliphatic heterocycles. The van der Waals surface area contributed by atoms with Crippen molar-refractivity contribution in [1.29, 1.82) is 0 Å². The smallest absolute Gasteiger partial charge is 0.256 e. The summed E-state index contributed by atoms with van der Waals surface area (Å²) in [6.07, 6.45) is 0.238. The van der Waals surface area contributed by atoms with E-state index >= 15 is 0 Å². The lowest BCUT2D eigenvalue weighted by Gasteiger charge is -2.35. The minimum atomic E-state index is -1.26. The van der Waals surface area contributed by atoms with Crippen LogP contribution in [0.2, 0.25) is 0 Å². The lowest BCUT2D eigenvalue weighted by molar-refractivity contribution is -0.146. The van der Waals surface area contributed by atoms with Crippen LogP contribution in [0.1, 0.15) is 24.5 Å². The highest BCUT2D eigenvalue weighted by Gasteiger charge is 2.31. The van der Waals surface area contributed by atoms with E-state index in [0.717, 1.165) is 25.9 Å². The maximum atomic E-state index is 12.5. The maximum absolute atomic E-state index is 12.5. The van der Waals surface area contributed by atoms with Crippen molar-refractivity contribution in [3.05, 3.63) is 35.9 Å². The van der Waals surface area contributed by atoms with E-state index in [1.807, 2.05) is 6.07 Å². The molecule has 0 saturated carbocycles. The van der Waals surface area contributed by atoms with E-state index in [1.54, 1.807) is 24.3 Å². The molecule has 114 valence electrons. The number of aliphatic hydroxyl groups excluding tert-OH is 1. The first kappa shape index (κ1) is 15.5. The number of aliphatic hydroxyl groups is 1. The van der Waals surface area contributed by atoms with Gasteiger partial charge in [0, 0.05) is 6.04 Å². The Hall–Kier alpha value is -1.92. The Morgan fingerprint density at radius 2 is 1.90 bits per heavy atom. The number of hydrogen-bond acceptors (Lipinski definition) is 4. The Labute approximate surface area is 123 Å². The molecule has 21 heavy (non-hydrogen) atoms. The Morgan fingerprint density at radius 1 is 1.29 bits per heavy atom. The summed E-state index contributed by atoms with van der Waals surface area (Å²) in [4.78, 5) is 25.2. The molecule has 0 spiro atoms. The highest BCUT2D eigenvalue weighted by Crippen LogP contribution is 2.20. The summed E-state index contributed by atoms with van der Waals surface area (Å²) in [5, 5.41) is 13.5. The zero-order valence-corrected chi connectivity index (χ0v) is 11.9. The topological polar surface area (TPSA) is 95.7 Å². The van der Waals surface area contributed by atoms with Crippen molar-refractivity contribution < 1.29 is 14.7 Å². The SMILES string of the molecule is NC(=O)CN(C(=O)C(O)c1ccccc1)C1CCNCC1. The van der Waals surface area contributed by atoms with Crippen molar-refractivity contribution in [3.63, 3.8) is 0 Å². The van der Waals surface area contributed by atoms with Crippen LogP contribution < -0.4 is 11.1 Å². The number of primary amides is 1. The van der Waals surface area contributed by atoms with Gasteiger partial charge in [-0.2, -0.15) is 0 Å². The summed E-state index contributed by atoms with van der Waals surface area (Å²) < 4.78 is 0. The van der Waals surface area contributed by atoms with Gasteiger partial charge in [-0.05, 0) is 31.5 Å². The van der Waals surface area contributed by atoms with Crippen molar-refractivity contribution in [2.45, 2.75) is 25.0 Å². The quantitative estimate of drug-likeness (QED) is 0.699. The number of rotatable bonds is 5. The second kappa shape index (κ2) is 7.19. The number of nitrogens with one attached hydrogen (secondary N) is 1. The van der Waals surface area contributed by atoms with Crippen molar-refractivity contribution in [2.24, 2.45) is 5.73 Å². The van der Waals surface area contributed by atoms with Crippen LogP contribution in [0.4, 0.5) is 0 Å². The normalized spacial score (nSPS) is 17.2. The van der Waals surface area contributed by atoms with Crippen LogP contribution in [0.15, 0.2) is 30.3 Å². The minimum absolute atomic E-state index is 0.0652.